The molecule has 1 aromatic heterocycles. The van der Waals surface area contributed by atoms with E-state index in [0.717, 1.165) is 18.3 Å². The van der Waals surface area contributed by atoms with Gasteiger partial charge in [0.2, 0.25) is 0 Å². The molecular weight excluding hydrogens is 262 g/mol. The molecule has 108 valence electrons. The second-order valence-corrected chi connectivity index (χ2v) is 4.80. The third kappa shape index (κ3) is 2.56. The predicted molar refractivity (Wildman–Crippen MR) is 72.8 cm³/mol. The van der Waals surface area contributed by atoms with E-state index in [2.05, 4.69) is 15.6 Å². The first-order valence-electron chi connectivity index (χ1n) is 6.57. The molecule has 0 aliphatic carbocycles. The van der Waals surface area contributed by atoms with Crippen molar-refractivity contribution in [1.82, 2.24) is 20.3 Å². The van der Waals surface area contributed by atoms with Crippen LogP contribution in [0.1, 0.15) is 36.8 Å². The fourth-order valence-electron chi connectivity index (χ4n) is 2.17. The standard InChI is InChI=1S/C14H18F2N4/c1-5-17-9(3)14-10(4)20(19-18-14)13-7-11(15)8(2)6-12(13)16/h6-7,9,17H,5H2,1-4H3. The van der Waals surface area contributed by atoms with Crippen LogP contribution in [0.3, 0.4) is 0 Å². The number of hydrogen-bond donors (Lipinski definition) is 1. The fraction of sp³-hybridized carbons (Fsp3) is 0.429. The quantitative estimate of drug-likeness (QED) is 0.936. The van der Waals surface area contributed by atoms with E-state index in [4.69, 9.17) is 0 Å². The van der Waals surface area contributed by atoms with Gasteiger partial charge in [0, 0.05) is 6.07 Å². The van der Waals surface area contributed by atoms with Crippen molar-refractivity contribution in [3.05, 3.63) is 40.7 Å². The molecule has 1 aromatic carbocycles. The highest BCUT2D eigenvalue weighted by Crippen LogP contribution is 2.22. The van der Waals surface area contributed by atoms with Gasteiger partial charge >= 0.3 is 0 Å². The van der Waals surface area contributed by atoms with Crippen LogP contribution >= 0.6 is 0 Å². The van der Waals surface area contributed by atoms with Crippen molar-refractivity contribution in [2.45, 2.75) is 33.7 Å². The van der Waals surface area contributed by atoms with Crippen molar-refractivity contribution in [1.29, 1.82) is 0 Å². The zero-order valence-corrected chi connectivity index (χ0v) is 12.0. The molecule has 0 radical (unpaired) electrons. The molecule has 1 N–H and O–H groups in total. The summed E-state index contributed by atoms with van der Waals surface area (Å²) in [5.74, 6) is -0.975. The van der Waals surface area contributed by atoms with E-state index in [1.165, 1.54) is 17.7 Å². The van der Waals surface area contributed by atoms with E-state index in [1.807, 2.05) is 13.8 Å². The lowest BCUT2D eigenvalue weighted by atomic mass is 10.1. The van der Waals surface area contributed by atoms with Crippen molar-refractivity contribution in [2.24, 2.45) is 0 Å². The van der Waals surface area contributed by atoms with Crippen molar-refractivity contribution >= 4 is 0 Å². The van der Waals surface area contributed by atoms with Gasteiger partial charge in [-0.25, -0.2) is 13.5 Å². The van der Waals surface area contributed by atoms with Crippen LogP contribution in [0, 0.1) is 25.5 Å². The Morgan fingerprint density at radius 1 is 1.25 bits per heavy atom. The maximum absolute atomic E-state index is 14.0. The molecule has 0 fully saturated rings. The highest BCUT2D eigenvalue weighted by molar-refractivity contribution is 5.38. The van der Waals surface area contributed by atoms with Crippen LogP contribution in [-0.4, -0.2) is 21.5 Å². The Labute approximate surface area is 116 Å². The van der Waals surface area contributed by atoms with Gasteiger partial charge < -0.3 is 5.32 Å². The Bertz CT molecular complexity index is 622. The van der Waals surface area contributed by atoms with E-state index in [-0.39, 0.29) is 17.3 Å². The Morgan fingerprint density at radius 2 is 1.95 bits per heavy atom. The van der Waals surface area contributed by atoms with Crippen molar-refractivity contribution in [3.8, 4) is 5.69 Å². The zero-order valence-electron chi connectivity index (χ0n) is 12.0. The maximum atomic E-state index is 14.0. The molecule has 1 atom stereocenters. The number of benzene rings is 1. The lowest BCUT2D eigenvalue weighted by Gasteiger charge is -2.11. The number of nitrogens with zero attached hydrogens (tertiary/aromatic N) is 3. The molecule has 0 saturated heterocycles. The van der Waals surface area contributed by atoms with Gasteiger partial charge in [-0.15, -0.1) is 5.10 Å². The molecule has 0 spiro atoms. The largest absolute Gasteiger partial charge is 0.309 e. The monoisotopic (exact) mass is 280 g/mol. The highest BCUT2D eigenvalue weighted by atomic mass is 19.1. The summed E-state index contributed by atoms with van der Waals surface area (Å²) in [4.78, 5) is 0. The van der Waals surface area contributed by atoms with Crippen LogP contribution in [0.4, 0.5) is 8.78 Å². The van der Waals surface area contributed by atoms with Gasteiger partial charge in [0.1, 0.15) is 23.0 Å². The number of hydrogen-bond acceptors (Lipinski definition) is 3. The van der Waals surface area contributed by atoms with Gasteiger partial charge in [-0.05, 0) is 38.9 Å². The summed E-state index contributed by atoms with van der Waals surface area (Å²) in [5.41, 5.74) is 1.77. The van der Waals surface area contributed by atoms with E-state index in [1.54, 1.807) is 6.92 Å². The van der Waals surface area contributed by atoms with Crippen molar-refractivity contribution < 1.29 is 8.78 Å². The second kappa shape index (κ2) is 5.66. The number of nitrogens with one attached hydrogen (secondary N) is 1. The minimum Gasteiger partial charge on any atom is -0.309 e. The van der Waals surface area contributed by atoms with E-state index in [0.29, 0.717) is 5.69 Å². The number of halogens is 2. The summed E-state index contributed by atoms with van der Waals surface area (Å²) >= 11 is 0. The number of aromatic nitrogens is 3. The molecule has 6 heteroatoms. The van der Waals surface area contributed by atoms with Crippen LogP contribution in [0.25, 0.3) is 5.69 Å². The fourth-order valence-corrected chi connectivity index (χ4v) is 2.17. The first-order valence-corrected chi connectivity index (χ1v) is 6.57. The van der Waals surface area contributed by atoms with Crippen LogP contribution in [0.5, 0.6) is 0 Å². The Balaban J connectivity index is 2.47. The van der Waals surface area contributed by atoms with Gasteiger partial charge in [-0.1, -0.05) is 12.1 Å². The van der Waals surface area contributed by atoms with Gasteiger partial charge in [-0.3, -0.25) is 0 Å². The highest BCUT2D eigenvalue weighted by Gasteiger charge is 2.18. The minimum atomic E-state index is -0.514. The van der Waals surface area contributed by atoms with E-state index in [9.17, 15) is 8.78 Å². The molecule has 1 heterocycles. The zero-order chi connectivity index (χ0) is 14.9. The first-order chi connectivity index (χ1) is 9.45. The summed E-state index contributed by atoms with van der Waals surface area (Å²) in [6, 6.07) is 2.32. The van der Waals surface area contributed by atoms with Gasteiger partial charge in [-0.2, -0.15) is 0 Å². The van der Waals surface area contributed by atoms with Crippen LogP contribution in [0.2, 0.25) is 0 Å². The van der Waals surface area contributed by atoms with Crippen molar-refractivity contribution in [2.75, 3.05) is 6.54 Å². The Morgan fingerprint density at radius 3 is 2.60 bits per heavy atom. The maximum Gasteiger partial charge on any atom is 0.149 e. The third-order valence-electron chi connectivity index (χ3n) is 3.31. The van der Waals surface area contributed by atoms with Crippen LogP contribution in [0.15, 0.2) is 12.1 Å². The summed E-state index contributed by atoms with van der Waals surface area (Å²) in [5, 5.41) is 11.2. The summed E-state index contributed by atoms with van der Waals surface area (Å²) in [6.07, 6.45) is 0. The summed E-state index contributed by atoms with van der Waals surface area (Å²) in [7, 11) is 0. The topological polar surface area (TPSA) is 42.7 Å². The molecule has 0 bridgehead atoms. The molecule has 0 aliphatic heterocycles. The molecule has 0 saturated carbocycles. The summed E-state index contributed by atoms with van der Waals surface area (Å²) < 4.78 is 28.9. The Kier molecular flexibility index (Phi) is 4.13. The molecule has 1 unspecified atom stereocenters. The predicted octanol–water partition coefficient (Wildman–Crippen LogP) is 2.83. The van der Waals surface area contributed by atoms with Crippen LogP contribution in [-0.2, 0) is 0 Å². The Hall–Kier alpha value is -1.82. The normalized spacial score (nSPS) is 12.7. The molecule has 2 rings (SSSR count). The molecule has 0 aliphatic rings. The van der Waals surface area contributed by atoms with Gasteiger partial charge in [0.05, 0.1) is 11.7 Å². The smallest absolute Gasteiger partial charge is 0.149 e. The molecule has 2 aromatic rings. The third-order valence-corrected chi connectivity index (χ3v) is 3.31. The molecule has 0 amide bonds. The number of aryl methyl sites for hydroxylation is 1. The molecular formula is C14H18F2N4. The average Bonchev–Trinajstić information content (AvgIpc) is 2.76. The lowest BCUT2D eigenvalue weighted by Crippen LogP contribution is -2.19. The SMILES string of the molecule is CCNC(C)c1nnn(-c2cc(F)c(C)cc2F)c1C. The average molecular weight is 280 g/mol. The number of rotatable bonds is 4. The molecule has 20 heavy (non-hydrogen) atoms. The van der Waals surface area contributed by atoms with Crippen molar-refractivity contribution in [3.63, 3.8) is 0 Å². The lowest BCUT2D eigenvalue weighted by molar-refractivity contribution is 0.576. The first kappa shape index (κ1) is 14.6. The van der Waals surface area contributed by atoms with E-state index >= 15 is 0 Å². The second-order valence-electron chi connectivity index (χ2n) is 4.80. The van der Waals surface area contributed by atoms with Crippen LogP contribution < -0.4 is 5.32 Å². The van der Waals surface area contributed by atoms with E-state index < -0.39 is 11.6 Å². The molecule has 4 nitrogen and oxygen atoms in total. The van der Waals surface area contributed by atoms with Gasteiger partial charge in [0.25, 0.3) is 0 Å². The minimum absolute atomic E-state index is 0.00658. The van der Waals surface area contributed by atoms with Gasteiger partial charge in [0.15, 0.2) is 0 Å². The summed E-state index contributed by atoms with van der Waals surface area (Å²) in [6.45, 7) is 8.05.